The number of halogens is 2. The van der Waals surface area contributed by atoms with Crippen molar-refractivity contribution in [3.05, 3.63) is 51.9 Å². The van der Waals surface area contributed by atoms with Gasteiger partial charge in [-0.05, 0) is 52.7 Å². The van der Waals surface area contributed by atoms with Crippen LogP contribution < -0.4 is 9.64 Å². The first kappa shape index (κ1) is 14.8. The Kier molecular flexibility index (Phi) is 4.60. The van der Waals surface area contributed by atoms with Crippen molar-refractivity contribution in [3.63, 3.8) is 0 Å². The number of ether oxygens (including phenoxy) is 1. The molecule has 3 nitrogen and oxygen atoms in total. The second-order valence-corrected chi connectivity index (χ2v) is 5.46. The minimum Gasteiger partial charge on any atom is -0.496 e. The van der Waals surface area contributed by atoms with Gasteiger partial charge >= 0.3 is 0 Å². The average Bonchev–Trinajstić information content (AvgIpc) is 2.42. The van der Waals surface area contributed by atoms with Gasteiger partial charge in [0.2, 0.25) is 0 Å². The molecule has 2 rings (SSSR count). The predicted octanol–water partition coefficient (Wildman–Crippen LogP) is 3.94. The fraction of sp³-hybridized carbons (Fsp3) is 0.267. The molecule has 0 saturated heterocycles. The van der Waals surface area contributed by atoms with E-state index in [9.17, 15) is 4.39 Å². The minimum atomic E-state index is -0.269. The van der Waals surface area contributed by atoms with E-state index in [1.807, 2.05) is 24.9 Å². The van der Waals surface area contributed by atoms with Crippen LogP contribution in [0.2, 0.25) is 0 Å². The van der Waals surface area contributed by atoms with Gasteiger partial charge in [0.15, 0.2) is 0 Å². The zero-order valence-electron chi connectivity index (χ0n) is 11.7. The van der Waals surface area contributed by atoms with Crippen LogP contribution in [0, 0.1) is 12.7 Å². The minimum absolute atomic E-state index is 0.269. The maximum Gasteiger partial charge on any atom is 0.128 e. The molecular formula is C15H16BrFN2O. The summed E-state index contributed by atoms with van der Waals surface area (Å²) in [6.07, 6.45) is 1.77. The first-order valence-electron chi connectivity index (χ1n) is 6.17. The van der Waals surface area contributed by atoms with Crippen molar-refractivity contribution in [3.8, 4) is 5.75 Å². The van der Waals surface area contributed by atoms with Gasteiger partial charge in [0.05, 0.1) is 7.11 Å². The van der Waals surface area contributed by atoms with Crippen molar-refractivity contribution >= 4 is 21.7 Å². The normalized spacial score (nSPS) is 10.4. The van der Waals surface area contributed by atoms with Crippen molar-refractivity contribution in [2.24, 2.45) is 0 Å². The standard InChI is InChI=1S/C15H16BrFN2O/c1-10-6-15(18-8-13(10)16)19(2)9-11-7-12(17)4-5-14(11)20-3/h4-8H,9H2,1-3H3. The highest BCUT2D eigenvalue weighted by Crippen LogP contribution is 2.24. The second-order valence-electron chi connectivity index (χ2n) is 4.60. The summed E-state index contributed by atoms with van der Waals surface area (Å²) < 4.78 is 19.6. The van der Waals surface area contributed by atoms with Gasteiger partial charge in [-0.1, -0.05) is 0 Å². The molecule has 2 aromatic rings. The van der Waals surface area contributed by atoms with Gasteiger partial charge in [-0.2, -0.15) is 0 Å². The molecule has 20 heavy (non-hydrogen) atoms. The summed E-state index contributed by atoms with van der Waals surface area (Å²) in [7, 11) is 3.50. The van der Waals surface area contributed by atoms with Gasteiger partial charge in [-0.3, -0.25) is 0 Å². The Bertz CT molecular complexity index is 619. The molecule has 0 radical (unpaired) electrons. The average molecular weight is 339 g/mol. The summed E-state index contributed by atoms with van der Waals surface area (Å²) >= 11 is 3.43. The van der Waals surface area contributed by atoms with Gasteiger partial charge < -0.3 is 9.64 Å². The Morgan fingerprint density at radius 2 is 2.10 bits per heavy atom. The number of aromatic nitrogens is 1. The lowest BCUT2D eigenvalue weighted by molar-refractivity contribution is 0.408. The summed E-state index contributed by atoms with van der Waals surface area (Å²) in [6.45, 7) is 2.53. The zero-order chi connectivity index (χ0) is 14.7. The van der Waals surface area contributed by atoms with Gasteiger partial charge in [0.25, 0.3) is 0 Å². The molecule has 0 aliphatic carbocycles. The molecule has 5 heteroatoms. The van der Waals surface area contributed by atoms with E-state index in [0.717, 1.165) is 21.4 Å². The van der Waals surface area contributed by atoms with E-state index in [0.29, 0.717) is 12.3 Å². The van der Waals surface area contributed by atoms with E-state index in [1.54, 1.807) is 19.4 Å². The number of anilines is 1. The van der Waals surface area contributed by atoms with E-state index >= 15 is 0 Å². The summed E-state index contributed by atoms with van der Waals surface area (Å²) in [5, 5.41) is 0. The molecule has 0 unspecified atom stereocenters. The first-order valence-corrected chi connectivity index (χ1v) is 6.96. The van der Waals surface area contributed by atoms with Crippen LogP contribution in [-0.2, 0) is 6.54 Å². The molecular weight excluding hydrogens is 323 g/mol. The summed E-state index contributed by atoms with van der Waals surface area (Å²) in [5.74, 6) is 1.23. The highest BCUT2D eigenvalue weighted by molar-refractivity contribution is 9.10. The van der Waals surface area contributed by atoms with Gasteiger partial charge in [0.1, 0.15) is 17.4 Å². The van der Waals surface area contributed by atoms with Crippen molar-refractivity contribution in [1.82, 2.24) is 4.98 Å². The summed E-state index contributed by atoms with van der Waals surface area (Å²) in [6, 6.07) is 6.50. The third-order valence-corrected chi connectivity index (χ3v) is 3.90. The van der Waals surface area contributed by atoms with Crippen molar-refractivity contribution in [2.45, 2.75) is 13.5 Å². The van der Waals surface area contributed by atoms with Crippen LogP contribution in [0.15, 0.2) is 34.9 Å². The van der Waals surface area contributed by atoms with Crippen LogP contribution in [0.3, 0.4) is 0 Å². The highest BCUT2D eigenvalue weighted by Gasteiger charge is 2.10. The molecule has 0 bridgehead atoms. The lowest BCUT2D eigenvalue weighted by atomic mass is 10.2. The number of pyridine rings is 1. The lowest BCUT2D eigenvalue weighted by Crippen LogP contribution is -2.18. The van der Waals surface area contributed by atoms with Crippen LogP contribution in [0.25, 0.3) is 0 Å². The number of aryl methyl sites for hydroxylation is 1. The van der Waals surface area contributed by atoms with Gasteiger partial charge in [-0.15, -0.1) is 0 Å². The SMILES string of the molecule is COc1ccc(F)cc1CN(C)c1cc(C)c(Br)cn1. The molecule has 106 valence electrons. The largest absolute Gasteiger partial charge is 0.496 e. The molecule has 1 heterocycles. The van der Waals surface area contributed by atoms with Crippen molar-refractivity contribution in [2.75, 3.05) is 19.1 Å². The molecule has 0 saturated carbocycles. The summed E-state index contributed by atoms with van der Waals surface area (Å²) in [5.41, 5.74) is 1.89. The van der Waals surface area contributed by atoms with Crippen LogP contribution in [0.1, 0.15) is 11.1 Å². The third kappa shape index (κ3) is 3.28. The van der Waals surface area contributed by atoms with Crippen LogP contribution in [-0.4, -0.2) is 19.1 Å². The fourth-order valence-electron chi connectivity index (χ4n) is 1.94. The monoisotopic (exact) mass is 338 g/mol. The van der Waals surface area contributed by atoms with Crippen LogP contribution in [0.4, 0.5) is 10.2 Å². The molecule has 0 aliphatic rings. The van der Waals surface area contributed by atoms with E-state index < -0.39 is 0 Å². The topological polar surface area (TPSA) is 25.4 Å². The molecule has 0 spiro atoms. The molecule has 0 N–H and O–H groups in total. The first-order chi connectivity index (χ1) is 9.51. The van der Waals surface area contributed by atoms with E-state index in [2.05, 4.69) is 20.9 Å². The molecule has 0 fully saturated rings. The number of benzene rings is 1. The Hall–Kier alpha value is -1.62. The maximum atomic E-state index is 13.4. The van der Waals surface area contributed by atoms with Crippen LogP contribution in [0.5, 0.6) is 5.75 Å². The molecule has 0 aliphatic heterocycles. The van der Waals surface area contributed by atoms with Crippen molar-refractivity contribution in [1.29, 1.82) is 0 Å². The fourth-order valence-corrected chi connectivity index (χ4v) is 2.16. The smallest absolute Gasteiger partial charge is 0.128 e. The van der Waals surface area contributed by atoms with Gasteiger partial charge in [-0.25, -0.2) is 9.37 Å². The van der Waals surface area contributed by atoms with Gasteiger partial charge in [0, 0.05) is 29.8 Å². The Labute approximate surface area is 126 Å². The Morgan fingerprint density at radius 1 is 1.35 bits per heavy atom. The molecule has 0 atom stereocenters. The number of nitrogens with zero attached hydrogens (tertiary/aromatic N) is 2. The Balaban J connectivity index is 2.24. The van der Waals surface area contributed by atoms with E-state index in [-0.39, 0.29) is 5.82 Å². The zero-order valence-corrected chi connectivity index (χ0v) is 13.2. The second kappa shape index (κ2) is 6.22. The number of rotatable bonds is 4. The molecule has 0 amide bonds. The molecule has 1 aromatic heterocycles. The van der Waals surface area contributed by atoms with E-state index in [4.69, 9.17) is 4.74 Å². The van der Waals surface area contributed by atoms with E-state index in [1.165, 1.54) is 12.1 Å². The highest BCUT2D eigenvalue weighted by atomic mass is 79.9. The maximum absolute atomic E-state index is 13.4. The summed E-state index contributed by atoms with van der Waals surface area (Å²) in [4.78, 5) is 6.31. The van der Waals surface area contributed by atoms with Crippen LogP contribution >= 0.6 is 15.9 Å². The third-order valence-electron chi connectivity index (χ3n) is 3.07. The predicted molar refractivity (Wildman–Crippen MR) is 81.7 cm³/mol. The molecule has 1 aromatic carbocycles. The number of methoxy groups -OCH3 is 1. The quantitative estimate of drug-likeness (QED) is 0.844. The number of hydrogen-bond acceptors (Lipinski definition) is 3. The van der Waals surface area contributed by atoms with Crippen molar-refractivity contribution < 1.29 is 9.13 Å². The number of hydrogen-bond donors (Lipinski definition) is 0. The lowest BCUT2D eigenvalue weighted by Gasteiger charge is -2.20. The Morgan fingerprint density at radius 3 is 2.75 bits per heavy atom.